The number of allylic oxidation sites excluding steroid dienone is 1. The maximum Gasteiger partial charge on any atom is 0.141 e. The van der Waals surface area contributed by atoms with Crippen molar-refractivity contribution < 1.29 is 5.11 Å². The number of para-hydroxylation sites is 1. The molecule has 1 aromatic rings. The lowest BCUT2D eigenvalue weighted by molar-refractivity contribution is 0.476. The molecule has 12 heavy (non-hydrogen) atoms. The highest BCUT2D eigenvalue weighted by Gasteiger charge is 1.99. The van der Waals surface area contributed by atoms with Gasteiger partial charge in [0.25, 0.3) is 0 Å². The molecular formula is C10H11NO. The average Bonchev–Trinajstić information content (AvgIpc) is 2.04. The first-order valence-electron chi connectivity index (χ1n) is 3.69. The summed E-state index contributed by atoms with van der Waals surface area (Å²) in [4.78, 5) is 4.03. The molecule has 0 fully saturated rings. The SMILES string of the molecule is C=CC=Nc1c(C)cccc1O. The summed E-state index contributed by atoms with van der Waals surface area (Å²) in [5.41, 5.74) is 1.56. The van der Waals surface area contributed by atoms with Gasteiger partial charge in [-0.1, -0.05) is 24.8 Å². The van der Waals surface area contributed by atoms with Crippen LogP contribution in [0.3, 0.4) is 0 Å². The van der Waals surface area contributed by atoms with Gasteiger partial charge in [0.15, 0.2) is 0 Å². The highest BCUT2D eigenvalue weighted by molar-refractivity contribution is 5.76. The molecular weight excluding hydrogens is 150 g/mol. The number of benzene rings is 1. The number of aliphatic imine (C=N–C) groups is 1. The van der Waals surface area contributed by atoms with Crippen LogP contribution in [-0.4, -0.2) is 11.3 Å². The molecule has 0 atom stereocenters. The quantitative estimate of drug-likeness (QED) is 0.664. The van der Waals surface area contributed by atoms with Crippen molar-refractivity contribution in [3.05, 3.63) is 36.4 Å². The van der Waals surface area contributed by atoms with Crippen LogP contribution in [0.2, 0.25) is 0 Å². The van der Waals surface area contributed by atoms with Crippen molar-refractivity contribution in [2.45, 2.75) is 6.92 Å². The first-order valence-corrected chi connectivity index (χ1v) is 3.69. The number of phenolic OH excluding ortho intramolecular Hbond substituents is 1. The molecule has 1 aromatic carbocycles. The predicted octanol–water partition coefficient (Wildman–Crippen LogP) is 2.59. The Bertz CT molecular complexity index is 295. The fourth-order valence-electron chi connectivity index (χ4n) is 0.939. The van der Waals surface area contributed by atoms with E-state index in [2.05, 4.69) is 11.6 Å². The molecule has 0 aliphatic rings. The van der Waals surface area contributed by atoms with Crippen molar-refractivity contribution in [1.82, 2.24) is 0 Å². The summed E-state index contributed by atoms with van der Waals surface area (Å²) >= 11 is 0. The van der Waals surface area contributed by atoms with Crippen molar-refractivity contribution in [2.75, 3.05) is 0 Å². The minimum absolute atomic E-state index is 0.202. The third kappa shape index (κ3) is 1.72. The van der Waals surface area contributed by atoms with Gasteiger partial charge in [-0.15, -0.1) is 0 Å². The topological polar surface area (TPSA) is 32.6 Å². The van der Waals surface area contributed by atoms with E-state index in [9.17, 15) is 5.11 Å². The van der Waals surface area contributed by atoms with Gasteiger partial charge in [-0.25, -0.2) is 0 Å². The summed E-state index contributed by atoms with van der Waals surface area (Å²) < 4.78 is 0. The minimum Gasteiger partial charge on any atom is -0.506 e. The molecule has 0 unspecified atom stereocenters. The third-order valence-electron chi connectivity index (χ3n) is 1.53. The summed E-state index contributed by atoms with van der Waals surface area (Å²) in [6, 6.07) is 5.30. The number of hydrogen-bond donors (Lipinski definition) is 1. The van der Waals surface area contributed by atoms with Crippen LogP contribution < -0.4 is 0 Å². The molecule has 2 nitrogen and oxygen atoms in total. The van der Waals surface area contributed by atoms with Crippen LogP contribution in [0.25, 0.3) is 0 Å². The van der Waals surface area contributed by atoms with E-state index >= 15 is 0 Å². The first kappa shape index (κ1) is 8.53. The highest BCUT2D eigenvalue weighted by atomic mass is 16.3. The van der Waals surface area contributed by atoms with Gasteiger partial charge in [0.05, 0.1) is 0 Å². The Morgan fingerprint density at radius 2 is 2.25 bits per heavy atom. The Balaban J connectivity index is 3.12. The predicted molar refractivity (Wildman–Crippen MR) is 51.2 cm³/mol. The lowest BCUT2D eigenvalue weighted by Crippen LogP contribution is -1.75. The molecule has 0 bridgehead atoms. The minimum atomic E-state index is 0.202. The highest BCUT2D eigenvalue weighted by Crippen LogP contribution is 2.28. The number of aryl methyl sites for hydroxylation is 1. The van der Waals surface area contributed by atoms with Gasteiger partial charge < -0.3 is 5.11 Å². The van der Waals surface area contributed by atoms with Crippen molar-refractivity contribution in [1.29, 1.82) is 0 Å². The number of aromatic hydroxyl groups is 1. The molecule has 0 aromatic heterocycles. The normalized spacial score (nSPS) is 10.4. The van der Waals surface area contributed by atoms with Crippen LogP contribution in [0.5, 0.6) is 5.75 Å². The molecule has 0 amide bonds. The molecule has 0 heterocycles. The van der Waals surface area contributed by atoms with Crippen LogP contribution in [0.15, 0.2) is 35.8 Å². The van der Waals surface area contributed by atoms with Crippen molar-refractivity contribution in [3.63, 3.8) is 0 Å². The van der Waals surface area contributed by atoms with Gasteiger partial charge in [-0.2, -0.15) is 0 Å². The zero-order valence-corrected chi connectivity index (χ0v) is 6.99. The molecule has 62 valence electrons. The maximum absolute atomic E-state index is 9.37. The Hall–Kier alpha value is -1.57. The lowest BCUT2D eigenvalue weighted by Gasteiger charge is -2.00. The summed E-state index contributed by atoms with van der Waals surface area (Å²) in [5, 5.41) is 9.37. The van der Waals surface area contributed by atoms with Crippen molar-refractivity contribution in [2.24, 2.45) is 4.99 Å². The molecule has 0 aliphatic heterocycles. The molecule has 0 saturated heterocycles. The summed E-state index contributed by atoms with van der Waals surface area (Å²) in [5.74, 6) is 0.202. The van der Waals surface area contributed by atoms with E-state index in [4.69, 9.17) is 0 Å². The summed E-state index contributed by atoms with van der Waals surface area (Å²) in [6.45, 7) is 5.40. The van der Waals surface area contributed by atoms with Crippen molar-refractivity contribution in [3.8, 4) is 5.75 Å². The number of hydrogen-bond acceptors (Lipinski definition) is 2. The second kappa shape index (κ2) is 3.72. The van der Waals surface area contributed by atoms with Gasteiger partial charge in [-0.05, 0) is 18.6 Å². The molecule has 0 spiro atoms. The maximum atomic E-state index is 9.37. The zero-order chi connectivity index (χ0) is 8.97. The number of rotatable bonds is 2. The standard InChI is InChI=1S/C10H11NO/c1-3-7-11-10-8(2)5-4-6-9(10)12/h3-7,12H,1H2,2H3. The van der Waals surface area contributed by atoms with Crippen LogP contribution in [-0.2, 0) is 0 Å². The number of phenols is 1. The fourth-order valence-corrected chi connectivity index (χ4v) is 0.939. The van der Waals surface area contributed by atoms with Gasteiger partial charge in [0.2, 0.25) is 0 Å². The monoisotopic (exact) mass is 161 g/mol. The van der Waals surface area contributed by atoms with Crippen LogP contribution in [0.4, 0.5) is 5.69 Å². The van der Waals surface area contributed by atoms with E-state index < -0.39 is 0 Å². The first-order chi connectivity index (χ1) is 5.75. The second-order valence-electron chi connectivity index (χ2n) is 2.46. The van der Waals surface area contributed by atoms with E-state index in [1.54, 1.807) is 24.4 Å². The largest absolute Gasteiger partial charge is 0.506 e. The second-order valence-corrected chi connectivity index (χ2v) is 2.46. The molecule has 0 saturated carbocycles. The Morgan fingerprint density at radius 1 is 1.50 bits per heavy atom. The van der Waals surface area contributed by atoms with E-state index in [-0.39, 0.29) is 5.75 Å². The van der Waals surface area contributed by atoms with E-state index in [1.807, 2.05) is 13.0 Å². The molecule has 2 heteroatoms. The Kier molecular flexibility index (Phi) is 2.64. The molecule has 0 aliphatic carbocycles. The average molecular weight is 161 g/mol. The lowest BCUT2D eigenvalue weighted by atomic mass is 10.2. The Morgan fingerprint density at radius 3 is 2.83 bits per heavy atom. The van der Waals surface area contributed by atoms with Gasteiger partial charge in [0.1, 0.15) is 11.4 Å². The molecule has 1 rings (SSSR count). The van der Waals surface area contributed by atoms with Crippen molar-refractivity contribution >= 4 is 11.9 Å². The smallest absolute Gasteiger partial charge is 0.141 e. The molecule has 0 radical (unpaired) electrons. The fraction of sp³-hybridized carbons (Fsp3) is 0.100. The molecule has 1 N–H and O–H groups in total. The van der Waals surface area contributed by atoms with Crippen LogP contribution >= 0.6 is 0 Å². The Labute approximate surface area is 71.9 Å². The zero-order valence-electron chi connectivity index (χ0n) is 6.99. The van der Waals surface area contributed by atoms with Crippen LogP contribution in [0.1, 0.15) is 5.56 Å². The van der Waals surface area contributed by atoms with E-state index in [0.717, 1.165) is 5.56 Å². The number of nitrogens with zero attached hydrogens (tertiary/aromatic N) is 1. The van der Waals surface area contributed by atoms with E-state index in [0.29, 0.717) is 5.69 Å². The summed E-state index contributed by atoms with van der Waals surface area (Å²) in [7, 11) is 0. The summed E-state index contributed by atoms with van der Waals surface area (Å²) in [6.07, 6.45) is 3.13. The van der Waals surface area contributed by atoms with Crippen LogP contribution in [0, 0.1) is 6.92 Å². The van der Waals surface area contributed by atoms with Gasteiger partial charge >= 0.3 is 0 Å². The van der Waals surface area contributed by atoms with Gasteiger partial charge in [0, 0.05) is 6.21 Å². The van der Waals surface area contributed by atoms with E-state index in [1.165, 1.54) is 0 Å². The van der Waals surface area contributed by atoms with Gasteiger partial charge in [-0.3, -0.25) is 4.99 Å². The third-order valence-corrected chi connectivity index (χ3v) is 1.53.